The molecule has 0 radical (unpaired) electrons. The van der Waals surface area contributed by atoms with Crippen molar-refractivity contribution in [1.29, 1.82) is 0 Å². The van der Waals surface area contributed by atoms with Crippen molar-refractivity contribution < 1.29 is 9.84 Å². The molecule has 3 heteroatoms. The van der Waals surface area contributed by atoms with Crippen molar-refractivity contribution in [2.45, 2.75) is 50.9 Å². The van der Waals surface area contributed by atoms with Gasteiger partial charge in [0, 0.05) is 5.41 Å². The molecule has 0 bridgehead atoms. The Morgan fingerprint density at radius 3 is 2.71 bits per heavy atom. The first-order valence-corrected chi connectivity index (χ1v) is 8.22. The summed E-state index contributed by atoms with van der Waals surface area (Å²) in [4.78, 5) is 0. The van der Waals surface area contributed by atoms with Gasteiger partial charge in [-0.3, -0.25) is 0 Å². The number of benzene rings is 1. The predicted octanol–water partition coefficient (Wildman–Crippen LogP) is 3.24. The topological polar surface area (TPSA) is 55.5 Å². The molecule has 0 saturated heterocycles. The highest BCUT2D eigenvalue weighted by Crippen LogP contribution is 2.30. The summed E-state index contributed by atoms with van der Waals surface area (Å²) in [5, 5.41) is 9.70. The van der Waals surface area contributed by atoms with E-state index in [1.807, 2.05) is 12.1 Å². The second kappa shape index (κ2) is 7.81. The minimum Gasteiger partial charge on any atom is -0.493 e. The van der Waals surface area contributed by atoms with Gasteiger partial charge in [0.2, 0.25) is 0 Å². The first kappa shape index (κ1) is 16.3. The zero-order valence-electron chi connectivity index (χ0n) is 13.2. The number of hydrogen-bond acceptors (Lipinski definition) is 3. The van der Waals surface area contributed by atoms with Crippen molar-refractivity contribution in [2.75, 3.05) is 19.8 Å². The minimum atomic E-state index is -0.279. The van der Waals surface area contributed by atoms with Gasteiger partial charge < -0.3 is 15.6 Å². The molecule has 1 aromatic rings. The van der Waals surface area contributed by atoms with Gasteiger partial charge in [-0.15, -0.1) is 0 Å². The molecule has 1 unspecified atom stereocenters. The van der Waals surface area contributed by atoms with E-state index in [4.69, 9.17) is 10.5 Å². The molecule has 1 fully saturated rings. The summed E-state index contributed by atoms with van der Waals surface area (Å²) in [6.45, 7) is 3.55. The van der Waals surface area contributed by atoms with Crippen LogP contribution in [0.25, 0.3) is 0 Å². The van der Waals surface area contributed by atoms with E-state index in [0.29, 0.717) is 12.5 Å². The molecule has 3 nitrogen and oxygen atoms in total. The maximum absolute atomic E-state index is 9.70. The van der Waals surface area contributed by atoms with Crippen molar-refractivity contribution in [3.05, 3.63) is 29.8 Å². The van der Waals surface area contributed by atoms with Crippen LogP contribution < -0.4 is 10.5 Å². The van der Waals surface area contributed by atoms with Crippen LogP contribution in [0.2, 0.25) is 0 Å². The Bertz CT molecular complexity index is 429. The summed E-state index contributed by atoms with van der Waals surface area (Å²) >= 11 is 0. The molecule has 118 valence electrons. The third-order valence-corrected chi connectivity index (χ3v) is 4.79. The van der Waals surface area contributed by atoms with Crippen LogP contribution in [0, 0.1) is 5.92 Å². The van der Waals surface area contributed by atoms with E-state index < -0.39 is 0 Å². The van der Waals surface area contributed by atoms with E-state index in [2.05, 4.69) is 19.1 Å². The normalized spacial score (nSPS) is 19.2. The molecular weight excluding hydrogens is 262 g/mol. The quantitative estimate of drug-likeness (QED) is 0.811. The monoisotopic (exact) mass is 291 g/mol. The van der Waals surface area contributed by atoms with Crippen LogP contribution in [0.5, 0.6) is 5.75 Å². The fourth-order valence-corrected chi connectivity index (χ4v) is 3.16. The summed E-state index contributed by atoms with van der Waals surface area (Å²) in [5.41, 5.74) is 6.51. The predicted molar refractivity (Wildman–Crippen MR) is 86.6 cm³/mol. The summed E-state index contributed by atoms with van der Waals surface area (Å²) in [5.74, 6) is 1.62. The Morgan fingerprint density at radius 1 is 1.29 bits per heavy atom. The Kier molecular flexibility index (Phi) is 6.07. The van der Waals surface area contributed by atoms with Crippen molar-refractivity contribution in [3.8, 4) is 5.75 Å². The summed E-state index contributed by atoms with van der Waals surface area (Å²) in [6.07, 6.45) is 7.41. The molecule has 0 heterocycles. The highest BCUT2D eigenvalue weighted by atomic mass is 16.5. The maximum atomic E-state index is 9.70. The second-order valence-corrected chi connectivity index (χ2v) is 6.60. The molecule has 1 saturated carbocycles. The van der Waals surface area contributed by atoms with Crippen molar-refractivity contribution in [2.24, 2.45) is 11.7 Å². The van der Waals surface area contributed by atoms with Gasteiger partial charge in [-0.05, 0) is 49.4 Å². The van der Waals surface area contributed by atoms with Gasteiger partial charge in [0.25, 0.3) is 0 Å². The van der Waals surface area contributed by atoms with Crippen molar-refractivity contribution in [1.82, 2.24) is 0 Å². The van der Waals surface area contributed by atoms with Crippen LogP contribution >= 0.6 is 0 Å². The lowest BCUT2D eigenvalue weighted by Gasteiger charge is -2.28. The first-order chi connectivity index (χ1) is 10.2. The smallest absolute Gasteiger partial charge is 0.119 e. The molecule has 0 aliphatic heterocycles. The lowest BCUT2D eigenvalue weighted by molar-refractivity contribution is 0.195. The Balaban J connectivity index is 1.99. The Morgan fingerprint density at radius 2 is 2.05 bits per heavy atom. The largest absolute Gasteiger partial charge is 0.493 e. The average molecular weight is 291 g/mol. The van der Waals surface area contributed by atoms with E-state index in [1.54, 1.807) is 0 Å². The molecule has 1 atom stereocenters. The maximum Gasteiger partial charge on any atom is 0.119 e. The number of ether oxygens (including phenoxy) is 1. The molecule has 1 aliphatic carbocycles. The molecule has 0 amide bonds. The Hall–Kier alpha value is -1.06. The molecule has 1 aromatic carbocycles. The van der Waals surface area contributed by atoms with Crippen LogP contribution in [0.3, 0.4) is 0 Å². The molecular formula is C18H29NO2. The van der Waals surface area contributed by atoms with Gasteiger partial charge in [0.05, 0.1) is 13.2 Å². The summed E-state index contributed by atoms with van der Waals surface area (Å²) in [7, 11) is 0. The molecule has 1 aliphatic rings. The van der Waals surface area contributed by atoms with Gasteiger partial charge in [-0.25, -0.2) is 0 Å². The lowest BCUT2D eigenvalue weighted by atomic mass is 9.80. The van der Waals surface area contributed by atoms with Crippen LogP contribution in [-0.4, -0.2) is 24.9 Å². The van der Waals surface area contributed by atoms with Gasteiger partial charge in [-0.1, -0.05) is 38.3 Å². The molecule has 0 spiro atoms. The van der Waals surface area contributed by atoms with Gasteiger partial charge in [-0.2, -0.15) is 0 Å². The number of rotatable bonds is 7. The van der Waals surface area contributed by atoms with E-state index in [0.717, 1.165) is 24.3 Å². The third-order valence-electron chi connectivity index (χ3n) is 4.79. The van der Waals surface area contributed by atoms with E-state index >= 15 is 0 Å². The fraction of sp³-hybridized carbons (Fsp3) is 0.667. The zero-order valence-corrected chi connectivity index (χ0v) is 13.2. The first-order valence-electron chi connectivity index (χ1n) is 8.22. The number of hydrogen-bond donors (Lipinski definition) is 2. The standard InChI is InChI=1S/C18H29NO2/c1-18(14-20,10-11-19)16-8-5-9-17(12-16)21-13-15-6-3-2-4-7-15/h5,8-9,12,15,20H,2-4,6-7,10-11,13-14,19H2,1H3. The second-order valence-electron chi connectivity index (χ2n) is 6.60. The molecule has 2 rings (SSSR count). The van der Waals surface area contributed by atoms with Gasteiger partial charge in [0.15, 0.2) is 0 Å². The minimum absolute atomic E-state index is 0.107. The Labute approximate surface area is 128 Å². The van der Waals surface area contributed by atoms with Crippen LogP contribution in [0.4, 0.5) is 0 Å². The van der Waals surface area contributed by atoms with Crippen molar-refractivity contribution in [3.63, 3.8) is 0 Å². The van der Waals surface area contributed by atoms with Crippen LogP contribution in [-0.2, 0) is 5.41 Å². The van der Waals surface area contributed by atoms with Crippen LogP contribution in [0.15, 0.2) is 24.3 Å². The van der Waals surface area contributed by atoms with Gasteiger partial charge >= 0.3 is 0 Å². The number of nitrogens with two attached hydrogens (primary N) is 1. The molecule has 3 N–H and O–H groups in total. The van der Waals surface area contributed by atoms with Crippen molar-refractivity contribution >= 4 is 0 Å². The molecule has 21 heavy (non-hydrogen) atoms. The summed E-state index contributed by atoms with van der Waals surface area (Å²) < 4.78 is 5.99. The van der Waals surface area contributed by atoms with E-state index in [9.17, 15) is 5.11 Å². The van der Waals surface area contributed by atoms with E-state index in [1.165, 1.54) is 32.1 Å². The third kappa shape index (κ3) is 4.45. The summed E-state index contributed by atoms with van der Waals surface area (Å²) in [6, 6.07) is 8.14. The number of aliphatic hydroxyl groups is 1. The fourth-order valence-electron chi connectivity index (χ4n) is 3.16. The number of aliphatic hydroxyl groups excluding tert-OH is 1. The highest BCUT2D eigenvalue weighted by Gasteiger charge is 2.25. The highest BCUT2D eigenvalue weighted by molar-refractivity contribution is 5.33. The zero-order chi connectivity index (χ0) is 15.1. The average Bonchev–Trinajstić information content (AvgIpc) is 2.54. The SMILES string of the molecule is CC(CO)(CCN)c1cccc(OCC2CCCCC2)c1. The molecule has 0 aromatic heterocycles. The lowest BCUT2D eigenvalue weighted by Crippen LogP contribution is -2.29. The van der Waals surface area contributed by atoms with E-state index in [-0.39, 0.29) is 12.0 Å². The van der Waals surface area contributed by atoms with Gasteiger partial charge in [0.1, 0.15) is 5.75 Å². The van der Waals surface area contributed by atoms with Crippen LogP contribution in [0.1, 0.15) is 51.0 Å².